The van der Waals surface area contributed by atoms with Crippen molar-refractivity contribution >= 4 is 22.4 Å². The minimum Gasteiger partial charge on any atom is -0.467 e. The van der Waals surface area contributed by atoms with E-state index < -0.39 is 4.92 Å². The molecule has 0 spiro atoms. The summed E-state index contributed by atoms with van der Waals surface area (Å²) in [7, 11) is 0. The highest BCUT2D eigenvalue weighted by Crippen LogP contribution is 2.23. The van der Waals surface area contributed by atoms with Crippen molar-refractivity contribution in [2.45, 2.75) is 13.1 Å². The molecule has 0 N–H and O–H groups in total. The van der Waals surface area contributed by atoms with Gasteiger partial charge in [0.2, 0.25) is 0 Å². The molecule has 0 aliphatic carbocycles. The molecule has 0 aliphatic rings. The van der Waals surface area contributed by atoms with Crippen molar-refractivity contribution in [2.75, 3.05) is 0 Å². The smallest absolute Gasteiger partial charge is 0.269 e. The summed E-state index contributed by atoms with van der Waals surface area (Å²) in [5.74, 6) is 0.449. The van der Waals surface area contributed by atoms with E-state index in [-0.39, 0.29) is 11.6 Å². The lowest BCUT2D eigenvalue weighted by molar-refractivity contribution is -0.384. The molecule has 0 bridgehead atoms. The maximum atomic E-state index is 13.2. The molecular weight excluding hydrogens is 368 g/mol. The van der Waals surface area contributed by atoms with E-state index in [4.69, 9.17) is 4.42 Å². The SMILES string of the molecule is O=C(c1ccc([N+](=O)[O-])cc1)N(Cc1ccco1)Cc1cccc2ccccc12. The van der Waals surface area contributed by atoms with Crippen molar-refractivity contribution in [1.82, 2.24) is 4.90 Å². The lowest BCUT2D eigenvalue weighted by Gasteiger charge is -2.23. The number of hydrogen-bond acceptors (Lipinski definition) is 4. The Bertz CT molecular complexity index is 1150. The van der Waals surface area contributed by atoms with Crippen LogP contribution in [0.4, 0.5) is 5.69 Å². The molecule has 0 saturated heterocycles. The molecule has 4 rings (SSSR count). The number of rotatable bonds is 6. The van der Waals surface area contributed by atoms with Gasteiger partial charge in [0.1, 0.15) is 5.76 Å². The van der Waals surface area contributed by atoms with Crippen LogP contribution < -0.4 is 0 Å². The number of furan rings is 1. The van der Waals surface area contributed by atoms with Gasteiger partial charge in [-0.15, -0.1) is 0 Å². The minimum atomic E-state index is -0.481. The predicted molar refractivity (Wildman–Crippen MR) is 109 cm³/mol. The number of carbonyl (C=O) groups excluding carboxylic acids is 1. The Morgan fingerprint density at radius 3 is 2.38 bits per heavy atom. The number of fused-ring (bicyclic) bond motifs is 1. The molecule has 4 aromatic rings. The molecule has 0 radical (unpaired) electrons. The summed E-state index contributed by atoms with van der Waals surface area (Å²) in [5, 5.41) is 13.1. The zero-order chi connectivity index (χ0) is 20.2. The average molecular weight is 386 g/mol. The number of hydrogen-bond donors (Lipinski definition) is 0. The van der Waals surface area contributed by atoms with E-state index in [1.54, 1.807) is 17.2 Å². The number of nitro groups is 1. The zero-order valence-electron chi connectivity index (χ0n) is 15.5. The number of nitrogens with zero attached hydrogens (tertiary/aromatic N) is 2. The molecule has 0 aliphatic heterocycles. The average Bonchev–Trinajstić information content (AvgIpc) is 3.26. The Kier molecular flexibility index (Phi) is 5.07. The molecule has 0 fully saturated rings. The van der Waals surface area contributed by atoms with E-state index in [0.717, 1.165) is 16.3 Å². The fraction of sp³-hybridized carbons (Fsp3) is 0.0870. The Labute approximate surface area is 167 Å². The molecule has 3 aromatic carbocycles. The third-order valence-corrected chi connectivity index (χ3v) is 4.78. The van der Waals surface area contributed by atoms with Gasteiger partial charge in [0.15, 0.2) is 0 Å². The summed E-state index contributed by atoms with van der Waals surface area (Å²) in [6.45, 7) is 0.684. The highest BCUT2D eigenvalue weighted by atomic mass is 16.6. The monoisotopic (exact) mass is 386 g/mol. The zero-order valence-corrected chi connectivity index (χ0v) is 15.5. The molecule has 6 nitrogen and oxygen atoms in total. The molecule has 6 heteroatoms. The predicted octanol–water partition coefficient (Wildman–Crippen LogP) is 5.18. The Morgan fingerprint density at radius 2 is 1.66 bits per heavy atom. The standard InChI is InChI=1S/C23H18N2O4/c26-23(18-10-12-20(13-11-18)25(27)28)24(16-21-8-4-14-29-21)15-19-7-3-6-17-5-1-2-9-22(17)19/h1-14H,15-16H2. The normalized spacial score (nSPS) is 10.8. The van der Waals surface area contributed by atoms with Crippen LogP contribution in [-0.4, -0.2) is 15.7 Å². The van der Waals surface area contributed by atoms with E-state index in [1.165, 1.54) is 24.3 Å². The van der Waals surface area contributed by atoms with Gasteiger partial charge in [-0.3, -0.25) is 14.9 Å². The van der Waals surface area contributed by atoms with Gasteiger partial charge in [0.25, 0.3) is 11.6 Å². The van der Waals surface area contributed by atoms with Crippen LogP contribution in [0.2, 0.25) is 0 Å². The third-order valence-electron chi connectivity index (χ3n) is 4.78. The van der Waals surface area contributed by atoms with Crippen LogP contribution in [0, 0.1) is 10.1 Å². The lowest BCUT2D eigenvalue weighted by atomic mass is 10.0. The van der Waals surface area contributed by atoms with Gasteiger partial charge in [-0.05, 0) is 40.6 Å². The van der Waals surface area contributed by atoms with Gasteiger partial charge >= 0.3 is 0 Å². The highest BCUT2D eigenvalue weighted by molar-refractivity contribution is 5.95. The number of carbonyl (C=O) groups is 1. The fourth-order valence-corrected chi connectivity index (χ4v) is 3.33. The third kappa shape index (κ3) is 4.01. The van der Waals surface area contributed by atoms with E-state index in [9.17, 15) is 14.9 Å². The van der Waals surface area contributed by atoms with Crippen molar-refractivity contribution in [3.05, 3.63) is 112 Å². The van der Waals surface area contributed by atoms with E-state index in [2.05, 4.69) is 0 Å². The highest BCUT2D eigenvalue weighted by Gasteiger charge is 2.19. The number of non-ortho nitro benzene ring substituents is 1. The fourth-order valence-electron chi connectivity index (χ4n) is 3.33. The first-order valence-electron chi connectivity index (χ1n) is 9.14. The van der Waals surface area contributed by atoms with Crippen LogP contribution in [0.25, 0.3) is 10.8 Å². The summed E-state index contributed by atoms with van der Waals surface area (Å²) in [6, 6.07) is 23.3. The molecule has 1 amide bonds. The number of benzene rings is 3. The van der Waals surface area contributed by atoms with Gasteiger partial charge in [-0.25, -0.2) is 0 Å². The Morgan fingerprint density at radius 1 is 0.897 bits per heavy atom. The van der Waals surface area contributed by atoms with Gasteiger partial charge in [-0.1, -0.05) is 42.5 Å². The van der Waals surface area contributed by atoms with Crippen molar-refractivity contribution in [3.63, 3.8) is 0 Å². The van der Waals surface area contributed by atoms with Crippen LogP contribution in [0.15, 0.2) is 89.5 Å². The molecule has 1 aromatic heterocycles. The summed E-state index contributed by atoms with van der Waals surface area (Å²) >= 11 is 0. The Balaban J connectivity index is 1.67. The van der Waals surface area contributed by atoms with Gasteiger partial charge in [0.05, 0.1) is 17.7 Å². The van der Waals surface area contributed by atoms with E-state index in [0.29, 0.717) is 24.4 Å². The van der Waals surface area contributed by atoms with Crippen LogP contribution in [0.1, 0.15) is 21.7 Å². The minimum absolute atomic E-state index is 0.0480. The summed E-state index contributed by atoms with van der Waals surface area (Å²) in [4.78, 5) is 25.3. The van der Waals surface area contributed by atoms with Crippen LogP contribution >= 0.6 is 0 Å². The number of amides is 1. The van der Waals surface area contributed by atoms with Crippen LogP contribution in [-0.2, 0) is 13.1 Å². The summed E-state index contributed by atoms with van der Waals surface area (Å²) in [6.07, 6.45) is 1.57. The van der Waals surface area contributed by atoms with Gasteiger partial charge in [0, 0.05) is 24.2 Å². The maximum Gasteiger partial charge on any atom is 0.269 e. The van der Waals surface area contributed by atoms with E-state index in [1.807, 2.05) is 48.5 Å². The molecule has 0 saturated carbocycles. The van der Waals surface area contributed by atoms with Gasteiger partial charge in [-0.2, -0.15) is 0 Å². The van der Waals surface area contributed by atoms with Crippen molar-refractivity contribution in [2.24, 2.45) is 0 Å². The first-order chi connectivity index (χ1) is 14.1. The molecular formula is C23H18N2O4. The van der Waals surface area contributed by atoms with E-state index >= 15 is 0 Å². The second-order valence-corrected chi connectivity index (χ2v) is 6.68. The van der Waals surface area contributed by atoms with Gasteiger partial charge < -0.3 is 9.32 Å². The van der Waals surface area contributed by atoms with Crippen molar-refractivity contribution < 1.29 is 14.1 Å². The maximum absolute atomic E-state index is 13.2. The Hall–Kier alpha value is -3.93. The molecule has 29 heavy (non-hydrogen) atoms. The molecule has 1 heterocycles. The molecule has 144 valence electrons. The molecule has 0 unspecified atom stereocenters. The topological polar surface area (TPSA) is 76.6 Å². The van der Waals surface area contributed by atoms with Crippen LogP contribution in [0.3, 0.4) is 0 Å². The number of nitro benzene ring substituents is 1. The quantitative estimate of drug-likeness (QED) is 0.338. The first kappa shape index (κ1) is 18.4. The summed E-state index contributed by atoms with van der Waals surface area (Å²) in [5.41, 5.74) is 1.36. The largest absolute Gasteiger partial charge is 0.467 e. The first-order valence-corrected chi connectivity index (χ1v) is 9.14. The van der Waals surface area contributed by atoms with Crippen molar-refractivity contribution in [1.29, 1.82) is 0 Å². The van der Waals surface area contributed by atoms with Crippen molar-refractivity contribution in [3.8, 4) is 0 Å². The lowest BCUT2D eigenvalue weighted by Crippen LogP contribution is -2.30. The second kappa shape index (κ2) is 7.98. The van der Waals surface area contributed by atoms with Crippen LogP contribution in [0.5, 0.6) is 0 Å². The second-order valence-electron chi connectivity index (χ2n) is 6.68. The molecule has 0 atom stereocenters. The summed E-state index contributed by atoms with van der Waals surface area (Å²) < 4.78 is 5.44.